The molecule has 0 radical (unpaired) electrons. The lowest BCUT2D eigenvalue weighted by Gasteiger charge is -2.23. The minimum Gasteiger partial charge on any atom is -0.298 e. The Balaban J connectivity index is 1.61. The summed E-state index contributed by atoms with van der Waals surface area (Å²) in [6, 6.07) is 9.89. The lowest BCUT2D eigenvalue weighted by atomic mass is 10.1. The fraction of sp³-hybridized carbons (Fsp3) is 0.421. The highest BCUT2D eigenvalue weighted by molar-refractivity contribution is 5.29. The van der Waals surface area contributed by atoms with Crippen molar-refractivity contribution in [2.24, 2.45) is 0 Å². The summed E-state index contributed by atoms with van der Waals surface area (Å²) in [5.41, 5.74) is 1.05. The van der Waals surface area contributed by atoms with Crippen LogP contribution < -0.4 is 0 Å². The van der Waals surface area contributed by atoms with Crippen LogP contribution in [0.15, 0.2) is 48.8 Å². The molecule has 2 heterocycles. The van der Waals surface area contributed by atoms with Gasteiger partial charge in [0.25, 0.3) is 0 Å². The summed E-state index contributed by atoms with van der Waals surface area (Å²) in [4.78, 5) is 8.50. The first-order valence-electron chi connectivity index (χ1n) is 8.51. The molecule has 1 saturated heterocycles. The summed E-state index contributed by atoms with van der Waals surface area (Å²) in [5.74, 6) is 0. The molecular weight excluding hydrogens is 327 g/mol. The SMILES string of the molecule is FC(F)(F)c1ccccc1CN1CCCN(Cc2ccncc2)CC1. The molecule has 1 aromatic heterocycles. The van der Waals surface area contributed by atoms with Crippen molar-refractivity contribution in [3.8, 4) is 0 Å². The van der Waals surface area contributed by atoms with Crippen LogP contribution >= 0.6 is 0 Å². The zero-order chi connectivity index (χ0) is 17.7. The van der Waals surface area contributed by atoms with E-state index in [2.05, 4.69) is 14.8 Å². The van der Waals surface area contributed by atoms with Crippen LogP contribution in [0, 0.1) is 0 Å². The van der Waals surface area contributed by atoms with Crippen molar-refractivity contribution in [1.29, 1.82) is 0 Å². The summed E-state index contributed by atoms with van der Waals surface area (Å²) in [5, 5.41) is 0. The molecule has 1 aromatic carbocycles. The Morgan fingerprint density at radius 3 is 2.16 bits per heavy atom. The molecule has 3 nitrogen and oxygen atoms in total. The molecule has 0 N–H and O–H groups in total. The highest BCUT2D eigenvalue weighted by atomic mass is 19.4. The van der Waals surface area contributed by atoms with E-state index in [0.29, 0.717) is 12.1 Å². The molecule has 0 aliphatic carbocycles. The normalized spacial score (nSPS) is 17.4. The van der Waals surface area contributed by atoms with Crippen LogP contribution in [0.4, 0.5) is 13.2 Å². The lowest BCUT2D eigenvalue weighted by Crippen LogP contribution is -2.30. The van der Waals surface area contributed by atoms with Crippen LogP contribution in [-0.2, 0) is 19.3 Å². The smallest absolute Gasteiger partial charge is 0.298 e. The molecule has 0 saturated carbocycles. The minimum atomic E-state index is -4.30. The molecule has 1 fully saturated rings. The summed E-state index contributed by atoms with van der Waals surface area (Å²) >= 11 is 0. The molecule has 3 rings (SSSR count). The molecule has 1 aliphatic heterocycles. The van der Waals surface area contributed by atoms with Crippen LogP contribution in [0.25, 0.3) is 0 Å². The highest BCUT2D eigenvalue weighted by Crippen LogP contribution is 2.32. The number of nitrogens with zero attached hydrogens (tertiary/aromatic N) is 3. The fourth-order valence-corrected chi connectivity index (χ4v) is 3.26. The van der Waals surface area contributed by atoms with Gasteiger partial charge in [-0.3, -0.25) is 14.8 Å². The Morgan fingerprint density at radius 1 is 0.840 bits per heavy atom. The van der Waals surface area contributed by atoms with E-state index in [4.69, 9.17) is 0 Å². The molecule has 1 aliphatic rings. The molecule has 2 aromatic rings. The second-order valence-corrected chi connectivity index (χ2v) is 6.42. The Morgan fingerprint density at radius 2 is 1.48 bits per heavy atom. The fourth-order valence-electron chi connectivity index (χ4n) is 3.26. The van der Waals surface area contributed by atoms with Crippen LogP contribution in [0.5, 0.6) is 0 Å². The number of alkyl halides is 3. The van der Waals surface area contributed by atoms with E-state index in [1.165, 1.54) is 17.7 Å². The van der Waals surface area contributed by atoms with E-state index < -0.39 is 11.7 Å². The molecule has 0 unspecified atom stereocenters. The summed E-state index contributed by atoms with van der Waals surface area (Å²) in [6.45, 7) is 4.61. The van der Waals surface area contributed by atoms with Gasteiger partial charge in [-0.1, -0.05) is 18.2 Å². The number of halogens is 3. The van der Waals surface area contributed by atoms with Gasteiger partial charge in [0, 0.05) is 38.6 Å². The predicted octanol–water partition coefficient (Wildman–Crippen LogP) is 3.81. The van der Waals surface area contributed by atoms with Gasteiger partial charge in [0.05, 0.1) is 5.56 Å². The highest BCUT2D eigenvalue weighted by Gasteiger charge is 2.33. The second-order valence-electron chi connectivity index (χ2n) is 6.42. The van der Waals surface area contributed by atoms with Crippen molar-refractivity contribution in [1.82, 2.24) is 14.8 Å². The van der Waals surface area contributed by atoms with Crippen LogP contribution in [-0.4, -0.2) is 41.0 Å². The largest absolute Gasteiger partial charge is 0.416 e. The molecule has 0 bridgehead atoms. The number of benzene rings is 1. The van der Waals surface area contributed by atoms with Crippen LogP contribution in [0.3, 0.4) is 0 Å². The van der Waals surface area contributed by atoms with Crippen molar-refractivity contribution >= 4 is 0 Å². The third-order valence-electron chi connectivity index (χ3n) is 4.55. The van der Waals surface area contributed by atoms with Gasteiger partial charge < -0.3 is 0 Å². The van der Waals surface area contributed by atoms with Gasteiger partial charge in [-0.15, -0.1) is 0 Å². The van der Waals surface area contributed by atoms with Crippen LogP contribution in [0.2, 0.25) is 0 Å². The molecule has 0 spiro atoms. The standard InChI is InChI=1S/C19H22F3N3/c20-19(21,22)18-5-2-1-4-17(18)15-25-11-3-10-24(12-13-25)14-16-6-8-23-9-7-16/h1-2,4-9H,3,10-15H2. The van der Waals surface area contributed by atoms with Gasteiger partial charge in [0.1, 0.15) is 0 Å². The maximum atomic E-state index is 13.2. The van der Waals surface area contributed by atoms with Gasteiger partial charge in [-0.25, -0.2) is 0 Å². The Labute approximate surface area is 146 Å². The van der Waals surface area contributed by atoms with Gasteiger partial charge >= 0.3 is 6.18 Å². The molecule has 0 amide bonds. The number of hydrogen-bond donors (Lipinski definition) is 0. The third-order valence-corrected chi connectivity index (χ3v) is 4.55. The first-order valence-corrected chi connectivity index (χ1v) is 8.51. The molecule has 25 heavy (non-hydrogen) atoms. The second kappa shape index (κ2) is 7.97. The topological polar surface area (TPSA) is 19.4 Å². The first kappa shape index (κ1) is 17.9. The zero-order valence-electron chi connectivity index (χ0n) is 14.0. The predicted molar refractivity (Wildman–Crippen MR) is 90.9 cm³/mol. The average Bonchev–Trinajstić information content (AvgIpc) is 2.81. The van der Waals surface area contributed by atoms with E-state index in [9.17, 15) is 13.2 Å². The lowest BCUT2D eigenvalue weighted by molar-refractivity contribution is -0.138. The van der Waals surface area contributed by atoms with E-state index in [0.717, 1.165) is 39.1 Å². The Hall–Kier alpha value is -1.92. The van der Waals surface area contributed by atoms with Crippen molar-refractivity contribution in [2.45, 2.75) is 25.7 Å². The maximum absolute atomic E-state index is 13.2. The molecule has 134 valence electrons. The quantitative estimate of drug-likeness (QED) is 0.837. The van der Waals surface area contributed by atoms with Crippen molar-refractivity contribution in [2.75, 3.05) is 26.2 Å². The van der Waals surface area contributed by atoms with Gasteiger partial charge in [-0.2, -0.15) is 13.2 Å². The first-order chi connectivity index (χ1) is 12.0. The van der Waals surface area contributed by atoms with E-state index >= 15 is 0 Å². The van der Waals surface area contributed by atoms with Gasteiger partial charge in [0.2, 0.25) is 0 Å². The third kappa shape index (κ3) is 5.03. The van der Waals surface area contributed by atoms with E-state index in [-0.39, 0.29) is 0 Å². The maximum Gasteiger partial charge on any atom is 0.416 e. The van der Waals surface area contributed by atoms with E-state index in [1.54, 1.807) is 24.5 Å². The van der Waals surface area contributed by atoms with Gasteiger partial charge in [0.15, 0.2) is 0 Å². The molecular formula is C19H22F3N3. The summed E-state index contributed by atoms with van der Waals surface area (Å²) in [6.07, 6.45) is 0.232. The average molecular weight is 349 g/mol. The number of pyridine rings is 1. The zero-order valence-corrected chi connectivity index (χ0v) is 14.0. The minimum absolute atomic E-state index is 0.346. The van der Waals surface area contributed by atoms with Crippen LogP contribution in [0.1, 0.15) is 23.1 Å². The van der Waals surface area contributed by atoms with Gasteiger partial charge in [-0.05, 0) is 48.8 Å². The Kier molecular flexibility index (Phi) is 5.71. The van der Waals surface area contributed by atoms with Crippen molar-refractivity contribution in [3.05, 3.63) is 65.5 Å². The van der Waals surface area contributed by atoms with Crippen molar-refractivity contribution in [3.63, 3.8) is 0 Å². The Bertz CT molecular complexity index is 673. The van der Waals surface area contributed by atoms with Crippen molar-refractivity contribution < 1.29 is 13.2 Å². The monoisotopic (exact) mass is 349 g/mol. The molecule has 0 atom stereocenters. The van der Waals surface area contributed by atoms with E-state index in [1.807, 2.05) is 12.1 Å². The summed E-state index contributed by atoms with van der Waals surface area (Å²) in [7, 11) is 0. The summed E-state index contributed by atoms with van der Waals surface area (Å²) < 4.78 is 39.5. The molecule has 6 heteroatoms. The number of aromatic nitrogens is 1. The number of rotatable bonds is 4. The number of hydrogen-bond acceptors (Lipinski definition) is 3.